The van der Waals surface area contributed by atoms with Crippen LogP contribution in [-0.4, -0.2) is 40.1 Å². The maximum atomic E-state index is 12.2. The number of carboxylic acids is 1. The number of carboxylic acid groups (broad SMARTS) is 1. The zero-order valence-electron chi connectivity index (χ0n) is 9.47. The van der Waals surface area contributed by atoms with Crippen LogP contribution in [0.15, 0.2) is 18.2 Å². The summed E-state index contributed by atoms with van der Waals surface area (Å²) in [6.45, 7) is 0.625. The predicted molar refractivity (Wildman–Crippen MR) is 72.5 cm³/mol. The second-order valence-corrected chi connectivity index (χ2v) is 5.48. The van der Waals surface area contributed by atoms with Crippen molar-refractivity contribution in [3.8, 4) is 5.75 Å². The Morgan fingerprint density at radius 1 is 1.39 bits per heavy atom. The van der Waals surface area contributed by atoms with Crippen LogP contribution in [0, 0.1) is 9.49 Å². The van der Waals surface area contributed by atoms with Crippen molar-refractivity contribution >= 4 is 34.5 Å². The van der Waals surface area contributed by atoms with Gasteiger partial charge in [-0.05, 0) is 47.2 Å². The Balaban J connectivity index is 2.17. The number of carbonyl (C=O) groups excluding carboxylic acids is 1. The number of carbonyl (C=O) groups is 2. The molecule has 0 saturated carbocycles. The van der Waals surface area contributed by atoms with E-state index in [0.717, 1.165) is 3.57 Å². The molecule has 1 aliphatic rings. The molecule has 1 unspecified atom stereocenters. The fourth-order valence-corrected chi connectivity index (χ4v) is 2.49. The van der Waals surface area contributed by atoms with Crippen LogP contribution in [0.1, 0.15) is 16.8 Å². The standard InChI is InChI=1S/C12H12INO4/c13-8-1-2-10(15)9(5-8)11(16)14-4-3-7(6-14)12(17)18/h1-2,5,7,15H,3-4,6H2,(H,17,18). The number of aromatic hydroxyl groups is 1. The van der Waals surface area contributed by atoms with Crippen molar-refractivity contribution in [1.29, 1.82) is 0 Å². The second kappa shape index (κ2) is 5.13. The highest BCUT2D eigenvalue weighted by Crippen LogP contribution is 2.24. The van der Waals surface area contributed by atoms with E-state index in [1.165, 1.54) is 11.0 Å². The van der Waals surface area contributed by atoms with E-state index in [1.807, 2.05) is 0 Å². The molecule has 0 bridgehead atoms. The van der Waals surface area contributed by atoms with E-state index in [2.05, 4.69) is 22.6 Å². The summed E-state index contributed by atoms with van der Waals surface area (Å²) in [6.07, 6.45) is 0.464. The van der Waals surface area contributed by atoms with Crippen molar-refractivity contribution in [1.82, 2.24) is 4.90 Å². The number of halogens is 1. The molecule has 0 radical (unpaired) electrons. The quantitative estimate of drug-likeness (QED) is 0.784. The molecule has 0 spiro atoms. The lowest BCUT2D eigenvalue weighted by atomic mass is 10.1. The van der Waals surface area contributed by atoms with Gasteiger partial charge < -0.3 is 15.1 Å². The van der Waals surface area contributed by atoms with Crippen LogP contribution in [0.3, 0.4) is 0 Å². The highest BCUT2D eigenvalue weighted by molar-refractivity contribution is 14.1. The van der Waals surface area contributed by atoms with Gasteiger partial charge in [0.05, 0.1) is 11.5 Å². The molecular formula is C12H12INO4. The summed E-state index contributed by atoms with van der Waals surface area (Å²) < 4.78 is 0.850. The number of aliphatic carboxylic acids is 1. The monoisotopic (exact) mass is 361 g/mol. The van der Waals surface area contributed by atoms with Gasteiger partial charge in [0.2, 0.25) is 0 Å². The van der Waals surface area contributed by atoms with Crippen LogP contribution < -0.4 is 0 Å². The minimum Gasteiger partial charge on any atom is -0.507 e. The summed E-state index contributed by atoms with van der Waals surface area (Å²) >= 11 is 2.06. The number of nitrogens with zero attached hydrogens (tertiary/aromatic N) is 1. The summed E-state index contributed by atoms with van der Waals surface area (Å²) in [5.41, 5.74) is 0.230. The molecule has 0 aromatic heterocycles. The summed E-state index contributed by atoms with van der Waals surface area (Å²) in [6, 6.07) is 4.78. The van der Waals surface area contributed by atoms with Crippen molar-refractivity contribution in [3.63, 3.8) is 0 Å². The van der Waals surface area contributed by atoms with E-state index in [0.29, 0.717) is 13.0 Å². The molecule has 2 rings (SSSR count). The zero-order chi connectivity index (χ0) is 13.3. The van der Waals surface area contributed by atoms with E-state index in [-0.39, 0.29) is 23.8 Å². The maximum Gasteiger partial charge on any atom is 0.308 e. The lowest BCUT2D eigenvalue weighted by molar-refractivity contribution is -0.141. The number of likely N-dealkylation sites (tertiary alicyclic amines) is 1. The van der Waals surface area contributed by atoms with Gasteiger partial charge in [0.15, 0.2) is 0 Å². The molecule has 1 amide bonds. The highest BCUT2D eigenvalue weighted by Gasteiger charge is 2.32. The van der Waals surface area contributed by atoms with Crippen molar-refractivity contribution in [3.05, 3.63) is 27.3 Å². The molecule has 1 aromatic carbocycles. The van der Waals surface area contributed by atoms with Crippen LogP contribution in [0.5, 0.6) is 5.75 Å². The van der Waals surface area contributed by atoms with E-state index < -0.39 is 11.9 Å². The molecular weight excluding hydrogens is 349 g/mol. The molecule has 1 aromatic rings. The van der Waals surface area contributed by atoms with E-state index in [9.17, 15) is 14.7 Å². The molecule has 5 nitrogen and oxygen atoms in total. The van der Waals surface area contributed by atoms with Crippen molar-refractivity contribution in [2.45, 2.75) is 6.42 Å². The maximum absolute atomic E-state index is 12.2. The van der Waals surface area contributed by atoms with Crippen molar-refractivity contribution in [2.75, 3.05) is 13.1 Å². The first-order chi connectivity index (χ1) is 8.49. The number of amides is 1. The van der Waals surface area contributed by atoms with E-state index >= 15 is 0 Å². The molecule has 6 heteroatoms. The minimum absolute atomic E-state index is 0.0702. The highest BCUT2D eigenvalue weighted by atomic mass is 127. The van der Waals surface area contributed by atoms with Crippen LogP contribution in [0.4, 0.5) is 0 Å². The van der Waals surface area contributed by atoms with Crippen molar-refractivity contribution in [2.24, 2.45) is 5.92 Å². The van der Waals surface area contributed by atoms with Crippen LogP contribution >= 0.6 is 22.6 Å². The molecule has 1 aliphatic heterocycles. The summed E-state index contributed by atoms with van der Waals surface area (Å²) in [4.78, 5) is 24.5. The van der Waals surface area contributed by atoms with Crippen molar-refractivity contribution < 1.29 is 19.8 Å². The zero-order valence-corrected chi connectivity index (χ0v) is 11.6. The Labute approximate surface area is 118 Å². The van der Waals surface area contributed by atoms with Gasteiger partial charge in [-0.15, -0.1) is 0 Å². The second-order valence-electron chi connectivity index (χ2n) is 4.24. The molecule has 1 heterocycles. The lowest BCUT2D eigenvalue weighted by Crippen LogP contribution is -2.30. The average molecular weight is 361 g/mol. The number of benzene rings is 1. The van der Waals surface area contributed by atoms with Gasteiger partial charge in [0.1, 0.15) is 5.75 Å². The first kappa shape index (κ1) is 13.1. The third kappa shape index (κ3) is 2.58. The van der Waals surface area contributed by atoms with Gasteiger partial charge in [-0.2, -0.15) is 0 Å². The Morgan fingerprint density at radius 3 is 2.72 bits per heavy atom. The third-order valence-electron chi connectivity index (χ3n) is 3.01. The first-order valence-electron chi connectivity index (χ1n) is 5.49. The average Bonchev–Trinajstić information content (AvgIpc) is 2.81. The Bertz CT molecular complexity index is 503. The van der Waals surface area contributed by atoms with E-state index in [1.54, 1.807) is 12.1 Å². The topological polar surface area (TPSA) is 77.8 Å². The number of rotatable bonds is 2. The summed E-state index contributed by atoms with van der Waals surface area (Å²) in [7, 11) is 0. The molecule has 18 heavy (non-hydrogen) atoms. The molecule has 96 valence electrons. The lowest BCUT2D eigenvalue weighted by Gasteiger charge is -2.16. The van der Waals surface area contributed by atoms with Gasteiger partial charge in [0, 0.05) is 16.7 Å². The number of phenolic OH excluding ortho intramolecular Hbond substituents is 1. The molecule has 1 atom stereocenters. The summed E-state index contributed by atoms with van der Waals surface area (Å²) in [5, 5.41) is 18.6. The predicted octanol–water partition coefficient (Wildman–Crippen LogP) is 1.54. The minimum atomic E-state index is -0.878. The number of hydrogen-bond donors (Lipinski definition) is 2. The molecule has 2 N–H and O–H groups in total. The Kier molecular flexibility index (Phi) is 3.74. The fourth-order valence-electron chi connectivity index (χ4n) is 2.00. The van der Waals surface area contributed by atoms with Gasteiger partial charge >= 0.3 is 5.97 Å². The number of hydrogen-bond acceptors (Lipinski definition) is 3. The molecule has 1 saturated heterocycles. The van der Waals surface area contributed by atoms with Gasteiger partial charge in [-0.1, -0.05) is 0 Å². The SMILES string of the molecule is O=C(O)C1CCN(C(=O)c2cc(I)ccc2O)C1. The van der Waals surface area contributed by atoms with Gasteiger partial charge in [0.25, 0.3) is 5.91 Å². The third-order valence-corrected chi connectivity index (χ3v) is 3.68. The van der Waals surface area contributed by atoms with Crippen LogP contribution in [0.25, 0.3) is 0 Å². The van der Waals surface area contributed by atoms with E-state index in [4.69, 9.17) is 5.11 Å². The van der Waals surface area contributed by atoms with Crippen LogP contribution in [-0.2, 0) is 4.79 Å². The molecule has 1 fully saturated rings. The smallest absolute Gasteiger partial charge is 0.308 e. The Morgan fingerprint density at radius 2 is 2.11 bits per heavy atom. The van der Waals surface area contributed by atoms with Gasteiger partial charge in [-0.25, -0.2) is 0 Å². The largest absolute Gasteiger partial charge is 0.507 e. The normalized spacial score (nSPS) is 18.9. The summed E-state index contributed by atoms with van der Waals surface area (Å²) in [5.74, 6) is -1.76. The number of phenols is 1. The Hall–Kier alpha value is -1.31. The fraction of sp³-hybridized carbons (Fsp3) is 0.333. The van der Waals surface area contributed by atoms with Crippen LogP contribution in [0.2, 0.25) is 0 Å². The first-order valence-corrected chi connectivity index (χ1v) is 6.57. The molecule has 0 aliphatic carbocycles. The van der Waals surface area contributed by atoms with Gasteiger partial charge in [-0.3, -0.25) is 9.59 Å².